The van der Waals surface area contributed by atoms with Crippen molar-refractivity contribution in [2.45, 2.75) is 6.92 Å². The number of rotatable bonds is 2. The lowest BCUT2D eigenvalue weighted by Gasteiger charge is -1.92. The molecule has 6 heteroatoms. The van der Waals surface area contributed by atoms with E-state index >= 15 is 0 Å². The van der Waals surface area contributed by atoms with E-state index in [-0.39, 0.29) is 5.11 Å². The average molecular weight is 200 g/mol. The van der Waals surface area contributed by atoms with Crippen LogP contribution in [0.4, 0.5) is 0 Å². The SMILES string of the molecule is Cc1nscc1/C=N/NC(N)=S. The molecule has 3 N–H and O–H groups in total. The summed E-state index contributed by atoms with van der Waals surface area (Å²) >= 11 is 5.96. The molecule has 1 aromatic rings. The van der Waals surface area contributed by atoms with Crippen LogP contribution in [0.25, 0.3) is 0 Å². The first kappa shape index (κ1) is 9.08. The van der Waals surface area contributed by atoms with E-state index in [0.29, 0.717) is 0 Å². The molecule has 4 nitrogen and oxygen atoms in total. The lowest BCUT2D eigenvalue weighted by atomic mass is 10.3. The molecule has 0 spiro atoms. The average Bonchev–Trinajstić information content (AvgIpc) is 2.36. The van der Waals surface area contributed by atoms with Gasteiger partial charge in [0.1, 0.15) is 0 Å². The van der Waals surface area contributed by atoms with Gasteiger partial charge < -0.3 is 5.73 Å². The van der Waals surface area contributed by atoms with Gasteiger partial charge in [-0.3, -0.25) is 5.43 Å². The Morgan fingerprint density at radius 2 is 2.67 bits per heavy atom. The molecule has 1 rings (SSSR count). The monoisotopic (exact) mass is 200 g/mol. The molecule has 0 atom stereocenters. The van der Waals surface area contributed by atoms with Crippen molar-refractivity contribution in [3.63, 3.8) is 0 Å². The Labute approximate surface area is 79.6 Å². The second-order valence-corrected chi connectivity index (χ2v) is 3.16. The number of aromatic nitrogens is 1. The second kappa shape index (κ2) is 4.13. The third-order valence-corrected chi connectivity index (χ3v) is 2.00. The van der Waals surface area contributed by atoms with Crippen molar-refractivity contribution in [3.05, 3.63) is 16.6 Å². The molecule has 0 fully saturated rings. The van der Waals surface area contributed by atoms with Gasteiger partial charge in [-0.15, -0.1) is 0 Å². The van der Waals surface area contributed by atoms with Gasteiger partial charge in [-0.1, -0.05) is 0 Å². The van der Waals surface area contributed by atoms with Gasteiger partial charge in [0.05, 0.1) is 11.9 Å². The highest BCUT2D eigenvalue weighted by molar-refractivity contribution is 7.80. The van der Waals surface area contributed by atoms with Gasteiger partial charge >= 0.3 is 0 Å². The largest absolute Gasteiger partial charge is 0.375 e. The zero-order valence-corrected chi connectivity index (χ0v) is 8.08. The van der Waals surface area contributed by atoms with E-state index in [0.717, 1.165) is 11.3 Å². The maximum absolute atomic E-state index is 5.16. The molecule has 0 amide bonds. The van der Waals surface area contributed by atoms with Gasteiger partial charge in [0, 0.05) is 10.9 Å². The van der Waals surface area contributed by atoms with Crippen molar-refractivity contribution in [2.75, 3.05) is 0 Å². The standard InChI is InChI=1S/C6H8N4S2/c1-4-5(3-12-10-4)2-8-9-6(7)11/h2-3H,1H3,(H3,7,9,11)/b8-2+. The van der Waals surface area contributed by atoms with E-state index < -0.39 is 0 Å². The highest BCUT2D eigenvalue weighted by atomic mass is 32.1. The van der Waals surface area contributed by atoms with Gasteiger partial charge in [0.15, 0.2) is 5.11 Å². The summed E-state index contributed by atoms with van der Waals surface area (Å²) in [4.78, 5) is 0. The molecule has 0 saturated carbocycles. The molecular formula is C6H8N4S2. The quantitative estimate of drug-likeness (QED) is 0.417. The van der Waals surface area contributed by atoms with Crippen molar-refractivity contribution in [1.82, 2.24) is 9.80 Å². The molecule has 0 aliphatic carbocycles. The molecule has 0 aromatic carbocycles. The molecule has 0 unspecified atom stereocenters. The fourth-order valence-electron chi connectivity index (χ4n) is 0.589. The van der Waals surface area contributed by atoms with Gasteiger partial charge in [-0.2, -0.15) is 9.47 Å². The number of nitrogens with zero attached hydrogens (tertiary/aromatic N) is 2. The lowest BCUT2D eigenvalue weighted by molar-refractivity contribution is 1.04. The third-order valence-electron chi connectivity index (χ3n) is 1.17. The van der Waals surface area contributed by atoms with Gasteiger partial charge in [-0.25, -0.2) is 0 Å². The smallest absolute Gasteiger partial charge is 0.184 e. The van der Waals surface area contributed by atoms with E-state index in [1.807, 2.05) is 12.3 Å². The Morgan fingerprint density at radius 1 is 1.92 bits per heavy atom. The van der Waals surface area contributed by atoms with Crippen LogP contribution >= 0.6 is 23.8 Å². The fraction of sp³-hybridized carbons (Fsp3) is 0.167. The predicted molar refractivity (Wildman–Crippen MR) is 54.4 cm³/mol. The molecule has 12 heavy (non-hydrogen) atoms. The minimum absolute atomic E-state index is 0.159. The highest BCUT2D eigenvalue weighted by Gasteiger charge is 1.95. The first-order valence-electron chi connectivity index (χ1n) is 3.19. The van der Waals surface area contributed by atoms with Gasteiger partial charge in [0.2, 0.25) is 0 Å². The summed E-state index contributed by atoms with van der Waals surface area (Å²) in [6, 6.07) is 0. The highest BCUT2D eigenvalue weighted by Crippen LogP contribution is 2.05. The second-order valence-electron chi connectivity index (χ2n) is 2.09. The molecule has 1 aromatic heterocycles. The van der Waals surface area contributed by atoms with Crippen LogP contribution in [0, 0.1) is 6.92 Å². The van der Waals surface area contributed by atoms with Crippen molar-refractivity contribution in [2.24, 2.45) is 10.8 Å². The minimum Gasteiger partial charge on any atom is -0.375 e. The number of hydrogen-bond acceptors (Lipinski definition) is 4. The van der Waals surface area contributed by atoms with E-state index in [1.165, 1.54) is 11.5 Å². The van der Waals surface area contributed by atoms with Crippen LogP contribution in [0.2, 0.25) is 0 Å². The molecule has 1 heterocycles. The van der Waals surface area contributed by atoms with E-state index in [2.05, 4.69) is 27.1 Å². The molecule has 0 bridgehead atoms. The van der Waals surface area contributed by atoms with Crippen LogP contribution in [0.3, 0.4) is 0 Å². The van der Waals surface area contributed by atoms with Crippen molar-refractivity contribution in [1.29, 1.82) is 0 Å². The van der Waals surface area contributed by atoms with Crippen LogP contribution in [-0.2, 0) is 0 Å². The topological polar surface area (TPSA) is 63.3 Å². The van der Waals surface area contributed by atoms with E-state index in [1.54, 1.807) is 6.21 Å². The van der Waals surface area contributed by atoms with E-state index in [4.69, 9.17) is 5.73 Å². The van der Waals surface area contributed by atoms with E-state index in [9.17, 15) is 0 Å². The molecule has 0 aliphatic heterocycles. The minimum atomic E-state index is 0.159. The van der Waals surface area contributed by atoms with Crippen molar-refractivity contribution < 1.29 is 0 Å². The Morgan fingerprint density at radius 3 is 3.17 bits per heavy atom. The summed E-state index contributed by atoms with van der Waals surface area (Å²) in [5, 5.41) is 5.86. The number of nitrogens with one attached hydrogen (secondary N) is 1. The number of aryl methyl sites for hydroxylation is 1. The predicted octanol–water partition coefficient (Wildman–Crippen LogP) is 0.619. The first-order chi connectivity index (χ1) is 5.70. The summed E-state index contributed by atoms with van der Waals surface area (Å²) in [7, 11) is 0. The fourth-order valence-corrected chi connectivity index (χ4v) is 1.30. The van der Waals surface area contributed by atoms with Crippen LogP contribution in [-0.4, -0.2) is 15.7 Å². The Bertz CT molecular complexity index is 304. The number of nitrogens with two attached hydrogens (primary N) is 1. The number of hydrazone groups is 1. The third kappa shape index (κ3) is 2.55. The summed E-state index contributed by atoms with van der Waals surface area (Å²) in [5.74, 6) is 0. The van der Waals surface area contributed by atoms with Crippen molar-refractivity contribution in [3.8, 4) is 0 Å². The normalized spacial score (nSPS) is 10.4. The number of hydrogen-bond donors (Lipinski definition) is 2. The van der Waals surface area contributed by atoms with Crippen LogP contribution in [0.1, 0.15) is 11.3 Å². The maximum atomic E-state index is 5.16. The van der Waals surface area contributed by atoms with Crippen LogP contribution < -0.4 is 11.2 Å². The zero-order valence-electron chi connectivity index (χ0n) is 6.44. The Hall–Kier alpha value is -1.01. The van der Waals surface area contributed by atoms with Gasteiger partial charge in [0.25, 0.3) is 0 Å². The summed E-state index contributed by atoms with van der Waals surface area (Å²) in [5.41, 5.74) is 9.56. The molecule has 64 valence electrons. The molecular weight excluding hydrogens is 192 g/mol. The van der Waals surface area contributed by atoms with Crippen LogP contribution in [0.5, 0.6) is 0 Å². The lowest BCUT2D eigenvalue weighted by Crippen LogP contribution is -2.23. The van der Waals surface area contributed by atoms with Crippen LogP contribution in [0.15, 0.2) is 10.5 Å². The summed E-state index contributed by atoms with van der Waals surface area (Å²) in [6.45, 7) is 1.92. The molecule has 0 radical (unpaired) electrons. The molecule has 0 saturated heterocycles. The first-order valence-corrected chi connectivity index (χ1v) is 4.44. The Balaban J connectivity index is 2.57. The summed E-state index contributed by atoms with van der Waals surface area (Å²) < 4.78 is 4.07. The van der Waals surface area contributed by atoms with Crippen molar-refractivity contribution >= 4 is 35.1 Å². The summed E-state index contributed by atoms with van der Waals surface area (Å²) in [6.07, 6.45) is 1.64. The molecule has 0 aliphatic rings. The Kier molecular flexibility index (Phi) is 3.12. The maximum Gasteiger partial charge on any atom is 0.184 e. The number of thiocarbonyl (C=S) groups is 1. The van der Waals surface area contributed by atoms with Gasteiger partial charge in [-0.05, 0) is 30.7 Å². The zero-order chi connectivity index (χ0) is 8.97.